The number of ether oxygens (including phenoxy) is 1. The number of H-pyrrole nitrogens is 1. The Morgan fingerprint density at radius 1 is 1.48 bits per heavy atom. The molecule has 1 fully saturated rings. The van der Waals surface area contributed by atoms with Gasteiger partial charge in [-0.05, 0) is 38.4 Å². The summed E-state index contributed by atoms with van der Waals surface area (Å²) in [6.07, 6.45) is 4.08. The number of amides is 2. The lowest BCUT2D eigenvalue weighted by Crippen LogP contribution is -2.46. The highest BCUT2D eigenvalue weighted by Gasteiger charge is 2.31. The Morgan fingerprint density at radius 3 is 3.09 bits per heavy atom. The van der Waals surface area contributed by atoms with Crippen LogP contribution in [-0.2, 0) is 9.53 Å². The van der Waals surface area contributed by atoms with Crippen molar-refractivity contribution in [1.82, 2.24) is 20.5 Å². The Hall–Kier alpha value is -2.28. The summed E-state index contributed by atoms with van der Waals surface area (Å²) in [7, 11) is 0. The molecule has 2 aliphatic rings. The molecule has 0 bridgehead atoms. The molecule has 1 saturated heterocycles. The fraction of sp³-hybridized carbons (Fsp3) is 0.500. The molecule has 2 aliphatic heterocycles. The van der Waals surface area contributed by atoms with Crippen LogP contribution in [-0.4, -0.2) is 48.1 Å². The van der Waals surface area contributed by atoms with E-state index in [-0.39, 0.29) is 24.6 Å². The number of esters is 1. The zero-order chi connectivity index (χ0) is 16.2. The van der Waals surface area contributed by atoms with Crippen molar-refractivity contribution in [1.29, 1.82) is 0 Å². The standard InChI is InChI=1S/C16H22N4O3/c1-2-23-15(21)11-9-18-16(22)19-13(11)10-20-8-4-6-14(20)12-5-3-7-17-12/h3,5,7,14,17H,2,4,6,8-10H2,1H3,(H2,18,19,22)/t14-/m1/s1. The van der Waals surface area contributed by atoms with Gasteiger partial charge < -0.3 is 20.4 Å². The van der Waals surface area contributed by atoms with E-state index in [1.807, 2.05) is 12.3 Å². The van der Waals surface area contributed by atoms with E-state index in [0.717, 1.165) is 19.4 Å². The Morgan fingerprint density at radius 2 is 2.35 bits per heavy atom. The van der Waals surface area contributed by atoms with Gasteiger partial charge in [-0.15, -0.1) is 0 Å². The Kier molecular flexibility index (Phi) is 4.66. The molecule has 0 radical (unpaired) electrons. The molecule has 0 unspecified atom stereocenters. The van der Waals surface area contributed by atoms with Crippen molar-refractivity contribution in [3.8, 4) is 0 Å². The summed E-state index contributed by atoms with van der Waals surface area (Å²) in [5, 5.41) is 5.41. The second-order valence-corrected chi connectivity index (χ2v) is 5.74. The molecule has 23 heavy (non-hydrogen) atoms. The normalized spacial score (nSPS) is 22.0. The highest BCUT2D eigenvalue weighted by molar-refractivity contribution is 5.93. The first kappa shape index (κ1) is 15.6. The number of nitrogens with one attached hydrogen (secondary N) is 3. The predicted octanol–water partition coefficient (Wildman–Crippen LogP) is 1.28. The van der Waals surface area contributed by atoms with E-state index in [2.05, 4.69) is 26.6 Å². The Bertz CT molecular complexity index is 609. The van der Waals surface area contributed by atoms with Gasteiger partial charge in [-0.1, -0.05) is 0 Å². The summed E-state index contributed by atoms with van der Waals surface area (Å²) >= 11 is 0. The molecule has 0 spiro atoms. The lowest BCUT2D eigenvalue weighted by atomic mass is 10.1. The number of likely N-dealkylation sites (tertiary alicyclic amines) is 1. The maximum Gasteiger partial charge on any atom is 0.337 e. The van der Waals surface area contributed by atoms with Crippen LogP contribution < -0.4 is 10.6 Å². The number of urea groups is 1. The van der Waals surface area contributed by atoms with Crippen LogP contribution in [0.1, 0.15) is 31.5 Å². The minimum absolute atomic E-state index is 0.209. The van der Waals surface area contributed by atoms with Crippen molar-refractivity contribution >= 4 is 12.0 Å². The van der Waals surface area contributed by atoms with Gasteiger partial charge in [0.15, 0.2) is 0 Å². The lowest BCUT2D eigenvalue weighted by molar-refractivity contribution is -0.138. The van der Waals surface area contributed by atoms with Gasteiger partial charge in [-0.2, -0.15) is 0 Å². The number of hydrogen-bond donors (Lipinski definition) is 3. The van der Waals surface area contributed by atoms with Crippen LogP contribution >= 0.6 is 0 Å². The zero-order valence-corrected chi connectivity index (χ0v) is 13.2. The molecule has 1 aromatic heterocycles. The molecule has 7 heteroatoms. The molecule has 1 atom stereocenters. The van der Waals surface area contributed by atoms with Crippen molar-refractivity contribution in [3.05, 3.63) is 35.3 Å². The first-order valence-electron chi connectivity index (χ1n) is 8.00. The van der Waals surface area contributed by atoms with Crippen molar-refractivity contribution in [2.75, 3.05) is 26.2 Å². The maximum absolute atomic E-state index is 12.1. The van der Waals surface area contributed by atoms with E-state index < -0.39 is 0 Å². The number of carbonyl (C=O) groups excluding carboxylic acids is 2. The van der Waals surface area contributed by atoms with Crippen molar-refractivity contribution in [2.45, 2.75) is 25.8 Å². The Labute approximate surface area is 135 Å². The molecule has 1 aromatic rings. The third kappa shape index (κ3) is 3.39. The van der Waals surface area contributed by atoms with Crippen LogP contribution in [0.5, 0.6) is 0 Å². The topological polar surface area (TPSA) is 86.5 Å². The lowest BCUT2D eigenvalue weighted by Gasteiger charge is -2.28. The van der Waals surface area contributed by atoms with Gasteiger partial charge >= 0.3 is 12.0 Å². The molecule has 3 rings (SSSR count). The largest absolute Gasteiger partial charge is 0.463 e. The molecule has 3 heterocycles. The maximum atomic E-state index is 12.1. The second-order valence-electron chi connectivity index (χ2n) is 5.74. The highest BCUT2D eigenvalue weighted by Crippen LogP contribution is 2.31. The van der Waals surface area contributed by atoms with E-state index in [0.29, 0.717) is 24.4 Å². The van der Waals surface area contributed by atoms with Crippen molar-refractivity contribution in [2.24, 2.45) is 0 Å². The van der Waals surface area contributed by atoms with Crippen molar-refractivity contribution < 1.29 is 14.3 Å². The van der Waals surface area contributed by atoms with E-state index in [4.69, 9.17) is 4.74 Å². The molecular formula is C16H22N4O3. The summed E-state index contributed by atoms with van der Waals surface area (Å²) in [5.74, 6) is -0.370. The van der Waals surface area contributed by atoms with Gasteiger partial charge in [0, 0.05) is 24.1 Å². The van der Waals surface area contributed by atoms with Gasteiger partial charge in [0.2, 0.25) is 0 Å². The molecule has 3 N–H and O–H groups in total. The minimum Gasteiger partial charge on any atom is -0.463 e. The predicted molar refractivity (Wildman–Crippen MR) is 84.5 cm³/mol. The average Bonchev–Trinajstić information content (AvgIpc) is 3.18. The van der Waals surface area contributed by atoms with Crippen LogP contribution in [0, 0.1) is 0 Å². The highest BCUT2D eigenvalue weighted by atomic mass is 16.5. The zero-order valence-electron chi connectivity index (χ0n) is 13.2. The van der Waals surface area contributed by atoms with Crippen LogP contribution in [0.4, 0.5) is 4.79 Å². The summed E-state index contributed by atoms with van der Waals surface area (Å²) in [4.78, 5) is 29.3. The fourth-order valence-electron chi connectivity index (χ4n) is 3.20. The second kappa shape index (κ2) is 6.87. The smallest absolute Gasteiger partial charge is 0.337 e. The fourth-order valence-corrected chi connectivity index (χ4v) is 3.20. The summed E-state index contributed by atoms with van der Waals surface area (Å²) in [6.45, 7) is 3.77. The first-order chi connectivity index (χ1) is 11.2. The quantitative estimate of drug-likeness (QED) is 0.714. The SMILES string of the molecule is CCOC(=O)C1=C(CN2CCC[C@@H]2c2ccc[nH]2)NC(=O)NC1. The Balaban J connectivity index is 1.79. The molecule has 124 valence electrons. The van der Waals surface area contributed by atoms with E-state index in [1.54, 1.807) is 6.92 Å². The number of rotatable bonds is 5. The van der Waals surface area contributed by atoms with E-state index >= 15 is 0 Å². The number of aromatic amines is 1. The van der Waals surface area contributed by atoms with Gasteiger partial charge in [0.25, 0.3) is 0 Å². The number of hydrogen-bond acceptors (Lipinski definition) is 4. The summed E-state index contributed by atoms with van der Waals surface area (Å²) < 4.78 is 5.10. The van der Waals surface area contributed by atoms with Gasteiger partial charge in [-0.25, -0.2) is 9.59 Å². The minimum atomic E-state index is -0.370. The van der Waals surface area contributed by atoms with E-state index in [1.165, 1.54) is 5.69 Å². The summed E-state index contributed by atoms with van der Waals surface area (Å²) in [6, 6.07) is 4.07. The van der Waals surface area contributed by atoms with Crippen LogP contribution in [0.3, 0.4) is 0 Å². The average molecular weight is 318 g/mol. The van der Waals surface area contributed by atoms with Gasteiger partial charge in [0.1, 0.15) is 0 Å². The van der Waals surface area contributed by atoms with Crippen LogP contribution in [0.15, 0.2) is 29.6 Å². The van der Waals surface area contributed by atoms with Gasteiger partial charge in [0.05, 0.1) is 24.8 Å². The number of nitrogens with zero attached hydrogens (tertiary/aromatic N) is 1. The first-order valence-corrected chi connectivity index (χ1v) is 8.00. The monoisotopic (exact) mass is 318 g/mol. The third-order valence-corrected chi connectivity index (χ3v) is 4.28. The third-order valence-electron chi connectivity index (χ3n) is 4.28. The van der Waals surface area contributed by atoms with Crippen LogP contribution in [0.2, 0.25) is 0 Å². The molecule has 0 aromatic carbocycles. The van der Waals surface area contributed by atoms with Crippen LogP contribution in [0.25, 0.3) is 0 Å². The molecule has 7 nitrogen and oxygen atoms in total. The summed E-state index contributed by atoms with van der Waals surface area (Å²) in [5.41, 5.74) is 2.32. The molecular weight excluding hydrogens is 296 g/mol. The number of aromatic nitrogens is 1. The van der Waals surface area contributed by atoms with Gasteiger partial charge in [-0.3, -0.25) is 4.90 Å². The molecule has 2 amide bonds. The number of carbonyl (C=O) groups is 2. The van der Waals surface area contributed by atoms with E-state index in [9.17, 15) is 9.59 Å². The van der Waals surface area contributed by atoms with Crippen molar-refractivity contribution in [3.63, 3.8) is 0 Å². The molecule has 0 saturated carbocycles. The molecule has 0 aliphatic carbocycles.